The quantitative estimate of drug-likeness (QED) is 0.338. The van der Waals surface area contributed by atoms with E-state index in [-0.39, 0.29) is 34.9 Å². The molecule has 212 valence electrons. The van der Waals surface area contributed by atoms with Gasteiger partial charge in [-0.2, -0.15) is 0 Å². The number of nitrogens with two attached hydrogens (primary N) is 1. The van der Waals surface area contributed by atoms with Crippen LogP contribution >= 0.6 is 0 Å². The van der Waals surface area contributed by atoms with E-state index in [0.717, 1.165) is 27.6 Å². The Morgan fingerprint density at radius 3 is 2.73 bits per heavy atom. The molecule has 6 rings (SSSR count). The first-order valence-corrected chi connectivity index (χ1v) is 15.3. The summed E-state index contributed by atoms with van der Waals surface area (Å²) in [5, 5.41) is 10.9. The Morgan fingerprint density at radius 2 is 1.95 bits per heavy atom. The molecule has 0 spiro atoms. The van der Waals surface area contributed by atoms with E-state index in [1.54, 1.807) is 25.3 Å². The molecule has 5 N–H and O–H groups in total. The topological polar surface area (TPSA) is 143 Å². The SMILES string of the molecule is CCS(=O)(=O)c1ccc2cc1CNC(=O)[C@H](Nc1ccc3c(N)nccc3c1)C1C=C=C(CCCC(=O)N2)C(C)=C1. The highest BCUT2D eigenvalue weighted by Crippen LogP contribution is 2.29. The third-order valence-electron chi connectivity index (χ3n) is 7.50. The van der Waals surface area contributed by atoms with Gasteiger partial charge < -0.3 is 21.7 Å². The number of nitrogen functional groups attached to an aromatic ring is 1. The number of anilines is 3. The molecule has 2 atom stereocenters. The van der Waals surface area contributed by atoms with Crippen molar-refractivity contribution < 1.29 is 18.0 Å². The van der Waals surface area contributed by atoms with E-state index in [2.05, 4.69) is 26.7 Å². The normalized spacial score (nSPS) is 19.8. The van der Waals surface area contributed by atoms with Crippen LogP contribution in [0.2, 0.25) is 0 Å². The number of aromatic nitrogens is 1. The third-order valence-corrected chi connectivity index (χ3v) is 9.32. The first-order valence-electron chi connectivity index (χ1n) is 13.6. The molecule has 3 heterocycles. The summed E-state index contributed by atoms with van der Waals surface area (Å²) in [5.41, 5.74) is 13.0. The van der Waals surface area contributed by atoms with E-state index in [4.69, 9.17) is 5.73 Å². The van der Waals surface area contributed by atoms with Crippen molar-refractivity contribution in [1.29, 1.82) is 0 Å². The molecule has 1 aliphatic carbocycles. The van der Waals surface area contributed by atoms with Gasteiger partial charge in [-0.1, -0.05) is 13.0 Å². The van der Waals surface area contributed by atoms with Gasteiger partial charge in [0.2, 0.25) is 11.8 Å². The number of benzene rings is 2. The maximum atomic E-state index is 13.8. The molecule has 2 amide bonds. The lowest BCUT2D eigenvalue weighted by Gasteiger charge is -2.26. The highest BCUT2D eigenvalue weighted by Gasteiger charge is 2.28. The highest BCUT2D eigenvalue weighted by atomic mass is 32.2. The Labute approximate surface area is 239 Å². The predicted octanol–water partition coefficient (Wildman–Crippen LogP) is 4.49. The molecular weight excluding hydrogens is 538 g/mol. The van der Waals surface area contributed by atoms with Gasteiger partial charge in [0, 0.05) is 41.8 Å². The summed E-state index contributed by atoms with van der Waals surface area (Å²) in [6.45, 7) is 3.53. The van der Waals surface area contributed by atoms with E-state index in [0.29, 0.717) is 36.3 Å². The van der Waals surface area contributed by atoms with Crippen molar-refractivity contribution in [1.82, 2.24) is 10.3 Å². The molecule has 4 bridgehead atoms. The van der Waals surface area contributed by atoms with Crippen molar-refractivity contribution in [3.8, 4) is 0 Å². The molecule has 3 aliphatic rings. The lowest BCUT2D eigenvalue weighted by atomic mass is 9.88. The van der Waals surface area contributed by atoms with Gasteiger partial charge in [0.05, 0.1) is 10.6 Å². The first kappa shape index (κ1) is 28.1. The van der Waals surface area contributed by atoms with Crippen LogP contribution < -0.4 is 21.7 Å². The summed E-state index contributed by atoms with van der Waals surface area (Å²) in [5.74, 6) is -0.443. The molecule has 2 aliphatic heterocycles. The van der Waals surface area contributed by atoms with Crippen molar-refractivity contribution in [3.05, 3.63) is 83.3 Å². The maximum absolute atomic E-state index is 13.8. The fourth-order valence-electron chi connectivity index (χ4n) is 5.21. The minimum atomic E-state index is -3.57. The summed E-state index contributed by atoms with van der Waals surface area (Å²) in [4.78, 5) is 30.7. The molecule has 3 aromatic rings. The minimum absolute atomic E-state index is 0.0323. The van der Waals surface area contributed by atoms with Crippen LogP contribution in [0.5, 0.6) is 0 Å². The van der Waals surface area contributed by atoms with Crippen LogP contribution in [-0.2, 0) is 26.0 Å². The van der Waals surface area contributed by atoms with Gasteiger partial charge in [0.1, 0.15) is 11.9 Å². The van der Waals surface area contributed by atoms with E-state index < -0.39 is 15.9 Å². The van der Waals surface area contributed by atoms with Crippen LogP contribution in [0.15, 0.2) is 82.6 Å². The van der Waals surface area contributed by atoms with Gasteiger partial charge in [-0.25, -0.2) is 13.4 Å². The molecular formula is C31H33N5O4S. The molecule has 0 fully saturated rings. The van der Waals surface area contributed by atoms with Crippen molar-refractivity contribution in [3.63, 3.8) is 0 Å². The Balaban J connectivity index is 1.53. The molecule has 41 heavy (non-hydrogen) atoms. The van der Waals surface area contributed by atoms with Gasteiger partial charge in [-0.05, 0) is 90.4 Å². The van der Waals surface area contributed by atoms with Crippen LogP contribution in [0.3, 0.4) is 0 Å². The summed E-state index contributed by atoms with van der Waals surface area (Å²) >= 11 is 0. The zero-order chi connectivity index (χ0) is 29.1. The average Bonchev–Trinajstić information content (AvgIpc) is 2.95. The largest absolute Gasteiger partial charge is 0.383 e. The van der Waals surface area contributed by atoms with E-state index in [9.17, 15) is 18.0 Å². The lowest BCUT2D eigenvalue weighted by molar-refractivity contribution is -0.122. The van der Waals surface area contributed by atoms with E-state index in [1.165, 1.54) is 6.07 Å². The van der Waals surface area contributed by atoms with Crippen molar-refractivity contribution in [2.24, 2.45) is 5.92 Å². The zero-order valence-electron chi connectivity index (χ0n) is 23.0. The van der Waals surface area contributed by atoms with Crippen LogP contribution in [0.1, 0.15) is 38.7 Å². The summed E-state index contributed by atoms with van der Waals surface area (Å²) < 4.78 is 25.7. The smallest absolute Gasteiger partial charge is 0.243 e. The second-order valence-electron chi connectivity index (χ2n) is 10.3. The number of fused-ring (bicyclic) bond motifs is 8. The first-order chi connectivity index (χ1) is 19.6. The summed E-state index contributed by atoms with van der Waals surface area (Å²) in [6, 6.07) is 11.5. The number of sulfone groups is 1. The summed E-state index contributed by atoms with van der Waals surface area (Å²) in [6.07, 6.45) is 7.16. The van der Waals surface area contributed by atoms with Crippen LogP contribution in [-0.4, -0.2) is 37.0 Å². The molecule has 1 unspecified atom stereocenters. The summed E-state index contributed by atoms with van der Waals surface area (Å²) in [7, 11) is -3.57. The van der Waals surface area contributed by atoms with E-state index in [1.807, 2.05) is 43.3 Å². The number of hydrogen-bond acceptors (Lipinski definition) is 7. The Morgan fingerprint density at radius 1 is 1.12 bits per heavy atom. The molecule has 10 heteroatoms. The number of carbonyl (C=O) groups excluding carboxylic acids is 2. The number of pyridine rings is 1. The number of nitrogens with zero attached hydrogens (tertiary/aromatic N) is 1. The fraction of sp³-hybridized carbons (Fsp3) is 0.290. The number of carbonyl (C=O) groups is 2. The minimum Gasteiger partial charge on any atom is -0.383 e. The van der Waals surface area contributed by atoms with Gasteiger partial charge in [0.25, 0.3) is 0 Å². The van der Waals surface area contributed by atoms with Crippen LogP contribution in [0.25, 0.3) is 10.8 Å². The van der Waals surface area contributed by atoms with Crippen molar-refractivity contribution in [2.75, 3.05) is 22.1 Å². The van der Waals surface area contributed by atoms with Crippen LogP contribution in [0.4, 0.5) is 17.2 Å². The van der Waals surface area contributed by atoms with Gasteiger partial charge in [0.15, 0.2) is 9.84 Å². The monoisotopic (exact) mass is 571 g/mol. The van der Waals surface area contributed by atoms with Gasteiger partial charge in [-0.15, -0.1) is 5.73 Å². The number of allylic oxidation sites excluding steroid dienone is 1. The van der Waals surface area contributed by atoms with E-state index >= 15 is 0 Å². The Hall–Kier alpha value is -4.40. The second kappa shape index (κ2) is 11.6. The molecule has 0 saturated carbocycles. The molecule has 1 aromatic heterocycles. The van der Waals surface area contributed by atoms with Crippen molar-refractivity contribution >= 4 is 49.6 Å². The zero-order valence-corrected chi connectivity index (χ0v) is 23.8. The molecule has 9 nitrogen and oxygen atoms in total. The van der Waals surface area contributed by atoms with Gasteiger partial charge >= 0.3 is 0 Å². The van der Waals surface area contributed by atoms with Gasteiger partial charge in [-0.3, -0.25) is 9.59 Å². The Bertz CT molecular complexity index is 1740. The lowest BCUT2D eigenvalue weighted by Crippen LogP contribution is -2.43. The highest BCUT2D eigenvalue weighted by molar-refractivity contribution is 7.91. The number of rotatable bonds is 4. The molecule has 0 saturated heterocycles. The number of hydrogen-bond donors (Lipinski definition) is 4. The standard InChI is InChI=1S/C31H33N5O4S/c1-3-41(39,40)27-12-10-24-17-23(27)18-34-31(38)29(36-25-9-11-26-21(16-25)13-14-33-30(26)32)22-8-7-20(19(2)15-22)5-4-6-28(37)35-24/h8-17,22,29,36H,3-6,18H2,1-2H3,(H2,32,33)(H,34,38)(H,35,37)/t22?,29-/m1/s1. The number of amides is 2. The number of nitrogens with one attached hydrogen (secondary N) is 3. The molecule has 2 aromatic carbocycles. The maximum Gasteiger partial charge on any atom is 0.243 e. The average molecular weight is 572 g/mol. The third kappa shape index (κ3) is 6.19. The predicted molar refractivity (Wildman–Crippen MR) is 161 cm³/mol. The fourth-order valence-corrected chi connectivity index (χ4v) is 6.33. The van der Waals surface area contributed by atoms with Crippen molar-refractivity contribution in [2.45, 2.75) is 50.6 Å². The Kier molecular flexibility index (Phi) is 7.97. The second-order valence-corrected chi connectivity index (χ2v) is 12.6. The van der Waals surface area contributed by atoms with Crippen LogP contribution in [0, 0.1) is 5.92 Å². The molecule has 0 radical (unpaired) electrons.